The van der Waals surface area contributed by atoms with Crippen LogP contribution in [-0.4, -0.2) is 27.6 Å². The standard InChI is InChI=1S/C10H8I2N4O2/c1-18-10(17)5-2-7(14-3-6(5)13)16-4-15-8(11)9(16)12/h2-4H,13H2,1H3. The van der Waals surface area contributed by atoms with E-state index in [0.29, 0.717) is 11.4 Å². The molecule has 0 spiro atoms. The summed E-state index contributed by atoms with van der Waals surface area (Å²) in [6.45, 7) is 0. The topological polar surface area (TPSA) is 83.0 Å². The summed E-state index contributed by atoms with van der Waals surface area (Å²) in [5.74, 6) is 0.0883. The Balaban J connectivity index is 2.54. The van der Waals surface area contributed by atoms with E-state index in [1.165, 1.54) is 13.3 Å². The number of imidazole rings is 1. The second-order valence-electron chi connectivity index (χ2n) is 3.32. The lowest BCUT2D eigenvalue weighted by Crippen LogP contribution is -2.09. The zero-order chi connectivity index (χ0) is 13.3. The van der Waals surface area contributed by atoms with Gasteiger partial charge in [-0.2, -0.15) is 0 Å². The van der Waals surface area contributed by atoms with E-state index in [2.05, 4.69) is 59.9 Å². The number of nitrogens with zero attached hydrogens (tertiary/aromatic N) is 3. The van der Waals surface area contributed by atoms with Gasteiger partial charge in [-0.05, 0) is 51.2 Å². The monoisotopic (exact) mass is 470 g/mol. The molecule has 0 aliphatic rings. The first-order valence-corrected chi connectivity index (χ1v) is 6.93. The van der Waals surface area contributed by atoms with Crippen molar-refractivity contribution in [2.75, 3.05) is 12.8 Å². The lowest BCUT2D eigenvalue weighted by atomic mass is 10.2. The summed E-state index contributed by atoms with van der Waals surface area (Å²) in [6, 6.07) is 1.58. The van der Waals surface area contributed by atoms with E-state index in [4.69, 9.17) is 5.73 Å². The van der Waals surface area contributed by atoms with Crippen LogP contribution in [-0.2, 0) is 4.74 Å². The highest BCUT2D eigenvalue weighted by molar-refractivity contribution is 14.1. The fourth-order valence-corrected chi connectivity index (χ4v) is 2.24. The van der Waals surface area contributed by atoms with Gasteiger partial charge in [0.05, 0.1) is 24.6 Å². The Hall–Kier alpha value is -0.910. The Labute approximate surface area is 130 Å². The van der Waals surface area contributed by atoms with Gasteiger partial charge in [0.2, 0.25) is 0 Å². The molecule has 0 saturated heterocycles. The lowest BCUT2D eigenvalue weighted by Gasteiger charge is -2.07. The van der Waals surface area contributed by atoms with Crippen molar-refractivity contribution in [2.45, 2.75) is 0 Å². The molecule has 0 amide bonds. The molecule has 0 bridgehead atoms. The molecule has 2 N–H and O–H groups in total. The van der Waals surface area contributed by atoms with Crippen molar-refractivity contribution in [1.82, 2.24) is 14.5 Å². The molecule has 0 radical (unpaired) electrons. The molecular formula is C10H8I2N4O2. The van der Waals surface area contributed by atoms with Crippen LogP contribution in [0.2, 0.25) is 0 Å². The summed E-state index contributed by atoms with van der Waals surface area (Å²) in [6.07, 6.45) is 3.08. The molecule has 0 saturated carbocycles. The van der Waals surface area contributed by atoms with Crippen LogP contribution in [0, 0.1) is 7.40 Å². The number of aromatic nitrogens is 3. The minimum absolute atomic E-state index is 0.287. The molecule has 0 aliphatic carbocycles. The number of nitrogens with two attached hydrogens (primary N) is 1. The number of ether oxygens (including phenoxy) is 1. The van der Waals surface area contributed by atoms with Gasteiger partial charge in [-0.15, -0.1) is 0 Å². The summed E-state index contributed by atoms with van der Waals surface area (Å²) in [5, 5.41) is 0. The number of esters is 1. The number of halogens is 2. The smallest absolute Gasteiger partial charge is 0.340 e. The second-order valence-corrected chi connectivity index (χ2v) is 5.36. The van der Waals surface area contributed by atoms with Crippen LogP contribution in [0.4, 0.5) is 5.69 Å². The van der Waals surface area contributed by atoms with Crippen LogP contribution >= 0.6 is 45.2 Å². The number of carbonyl (C=O) groups excluding carboxylic acids is 1. The van der Waals surface area contributed by atoms with E-state index in [-0.39, 0.29) is 5.69 Å². The predicted octanol–water partition coefficient (Wildman–Crippen LogP) is 1.85. The fraction of sp³-hybridized carbons (Fsp3) is 0.100. The zero-order valence-corrected chi connectivity index (χ0v) is 13.5. The Morgan fingerprint density at radius 3 is 2.72 bits per heavy atom. The maximum absolute atomic E-state index is 11.5. The maximum atomic E-state index is 11.5. The third-order valence-electron chi connectivity index (χ3n) is 2.24. The van der Waals surface area contributed by atoms with Crippen LogP contribution in [0.25, 0.3) is 5.82 Å². The molecule has 2 aromatic rings. The number of methoxy groups -OCH3 is 1. The second kappa shape index (κ2) is 5.38. The van der Waals surface area contributed by atoms with E-state index in [0.717, 1.165) is 7.40 Å². The molecule has 2 heterocycles. The minimum Gasteiger partial charge on any atom is -0.465 e. The quantitative estimate of drug-likeness (QED) is 0.536. The number of anilines is 1. The van der Waals surface area contributed by atoms with Crippen molar-refractivity contribution < 1.29 is 9.53 Å². The van der Waals surface area contributed by atoms with E-state index >= 15 is 0 Å². The number of hydrogen-bond acceptors (Lipinski definition) is 5. The van der Waals surface area contributed by atoms with Gasteiger partial charge < -0.3 is 10.5 Å². The summed E-state index contributed by atoms with van der Waals surface area (Å²) in [5.41, 5.74) is 6.28. The van der Waals surface area contributed by atoms with Crippen LogP contribution < -0.4 is 5.73 Å². The molecule has 18 heavy (non-hydrogen) atoms. The molecule has 2 aromatic heterocycles. The van der Waals surface area contributed by atoms with Crippen molar-refractivity contribution in [3.05, 3.63) is 31.6 Å². The van der Waals surface area contributed by atoms with Gasteiger partial charge in [0.25, 0.3) is 0 Å². The third-order valence-corrected chi connectivity index (χ3v) is 5.09. The first-order valence-electron chi connectivity index (χ1n) is 4.77. The zero-order valence-electron chi connectivity index (χ0n) is 9.22. The van der Waals surface area contributed by atoms with Crippen LogP contribution in [0.15, 0.2) is 18.6 Å². The molecule has 0 unspecified atom stereocenters. The SMILES string of the molecule is COC(=O)c1cc(-n2cnc(I)c2I)ncc1N. The highest BCUT2D eigenvalue weighted by Crippen LogP contribution is 2.20. The third kappa shape index (κ3) is 2.43. The van der Waals surface area contributed by atoms with Gasteiger partial charge in [-0.3, -0.25) is 4.57 Å². The molecule has 0 fully saturated rings. The lowest BCUT2D eigenvalue weighted by molar-refractivity contribution is 0.0602. The minimum atomic E-state index is -0.485. The molecule has 8 heteroatoms. The first kappa shape index (κ1) is 13.5. The van der Waals surface area contributed by atoms with Crippen LogP contribution in [0.5, 0.6) is 0 Å². The van der Waals surface area contributed by atoms with Gasteiger partial charge in [0.15, 0.2) is 0 Å². The van der Waals surface area contributed by atoms with Crippen molar-refractivity contribution in [1.29, 1.82) is 0 Å². The average Bonchev–Trinajstić information content (AvgIpc) is 2.70. The predicted molar refractivity (Wildman–Crippen MR) is 82.5 cm³/mol. The molecule has 6 nitrogen and oxygen atoms in total. The molecule has 2 rings (SSSR count). The number of hydrogen-bond donors (Lipinski definition) is 1. The molecule has 94 valence electrons. The summed E-state index contributed by atoms with van der Waals surface area (Å²) < 4.78 is 8.23. The number of nitrogen functional groups attached to an aromatic ring is 1. The van der Waals surface area contributed by atoms with Gasteiger partial charge in [0.1, 0.15) is 19.5 Å². The Kier molecular flexibility index (Phi) is 4.04. The first-order chi connectivity index (χ1) is 8.54. The van der Waals surface area contributed by atoms with Crippen molar-refractivity contribution >= 4 is 56.8 Å². The Bertz CT molecular complexity index is 612. The number of rotatable bonds is 2. The Morgan fingerprint density at radius 2 is 2.17 bits per heavy atom. The van der Waals surface area contributed by atoms with Gasteiger partial charge in [-0.25, -0.2) is 14.8 Å². The molecule has 0 atom stereocenters. The fourth-order valence-electron chi connectivity index (χ4n) is 1.34. The van der Waals surface area contributed by atoms with Crippen LogP contribution in [0.3, 0.4) is 0 Å². The normalized spacial score (nSPS) is 10.4. The Morgan fingerprint density at radius 1 is 1.44 bits per heavy atom. The van der Waals surface area contributed by atoms with E-state index in [9.17, 15) is 4.79 Å². The molecule has 0 aromatic carbocycles. The van der Waals surface area contributed by atoms with Gasteiger partial charge in [0, 0.05) is 0 Å². The summed E-state index contributed by atoms with van der Waals surface area (Å²) in [7, 11) is 1.31. The summed E-state index contributed by atoms with van der Waals surface area (Å²) >= 11 is 4.28. The van der Waals surface area contributed by atoms with Crippen molar-refractivity contribution in [3.63, 3.8) is 0 Å². The highest BCUT2D eigenvalue weighted by Gasteiger charge is 2.14. The average molecular weight is 470 g/mol. The molecule has 0 aliphatic heterocycles. The van der Waals surface area contributed by atoms with Crippen molar-refractivity contribution in [3.8, 4) is 5.82 Å². The van der Waals surface area contributed by atoms with Crippen LogP contribution in [0.1, 0.15) is 10.4 Å². The van der Waals surface area contributed by atoms with Crippen molar-refractivity contribution in [2.24, 2.45) is 0 Å². The highest BCUT2D eigenvalue weighted by atomic mass is 127. The maximum Gasteiger partial charge on any atom is 0.340 e. The molecular weight excluding hydrogens is 462 g/mol. The number of pyridine rings is 1. The largest absolute Gasteiger partial charge is 0.465 e. The van der Waals surface area contributed by atoms with E-state index in [1.807, 2.05) is 0 Å². The van der Waals surface area contributed by atoms with Gasteiger partial charge >= 0.3 is 5.97 Å². The summed E-state index contributed by atoms with van der Waals surface area (Å²) in [4.78, 5) is 19.9. The van der Waals surface area contributed by atoms with E-state index < -0.39 is 5.97 Å². The number of carbonyl (C=O) groups is 1. The van der Waals surface area contributed by atoms with Gasteiger partial charge in [-0.1, -0.05) is 0 Å². The van der Waals surface area contributed by atoms with E-state index in [1.54, 1.807) is 17.0 Å².